The third-order valence-electron chi connectivity index (χ3n) is 3.95. The van der Waals surface area contributed by atoms with Crippen LogP contribution < -0.4 is 5.73 Å². The smallest absolute Gasteiger partial charge is 0.249 e. The summed E-state index contributed by atoms with van der Waals surface area (Å²) in [6.45, 7) is 8.68. The molecule has 1 rings (SSSR count). The highest BCUT2D eigenvalue weighted by Gasteiger charge is 2.06. The lowest BCUT2D eigenvalue weighted by molar-refractivity contribution is 0.0997. The van der Waals surface area contributed by atoms with Crippen LogP contribution in [0.25, 0.3) is 0 Å². The van der Waals surface area contributed by atoms with Crippen LogP contribution in [0.3, 0.4) is 0 Å². The van der Waals surface area contributed by atoms with Gasteiger partial charge in [-0.15, -0.1) is 11.8 Å². The van der Waals surface area contributed by atoms with E-state index in [1.165, 1.54) is 16.7 Å². The van der Waals surface area contributed by atoms with Crippen LogP contribution >= 0.6 is 11.8 Å². The van der Waals surface area contributed by atoms with Gasteiger partial charge in [0.25, 0.3) is 0 Å². The van der Waals surface area contributed by atoms with E-state index in [9.17, 15) is 4.79 Å². The number of amides is 1. The fourth-order valence-corrected chi connectivity index (χ4v) is 3.45. The molecular formula is C22H31NOS. The van der Waals surface area contributed by atoms with Crippen LogP contribution in [-0.4, -0.2) is 11.7 Å². The Bertz CT molecular complexity index is 652. The van der Waals surface area contributed by atoms with Gasteiger partial charge in [0.2, 0.25) is 5.91 Å². The van der Waals surface area contributed by atoms with Crippen molar-refractivity contribution < 1.29 is 4.79 Å². The number of rotatable bonds is 10. The van der Waals surface area contributed by atoms with Crippen LogP contribution in [-0.2, 0) is 0 Å². The first-order valence-electron chi connectivity index (χ1n) is 8.86. The van der Waals surface area contributed by atoms with Crippen LogP contribution in [0.4, 0.5) is 0 Å². The molecule has 0 aliphatic rings. The zero-order chi connectivity index (χ0) is 18.7. The predicted octanol–water partition coefficient (Wildman–Crippen LogP) is 6.30. The number of hydrogen-bond acceptors (Lipinski definition) is 2. The van der Waals surface area contributed by atoms with Gasteiger partial charge in [-0.05, 0) is 65.5 Å². The summed E-state index contributed by atoms with van der Waals surface area (Å²) in [6, 6.07) is 7.52. The molecule has 0 bridgehead atoms. The molecule has 0 spiro atoms. The van der Waals surface area contributed by atoms with Crippen molar-refractivity contribution in [2.24, 2.45) is 5.73 Å². The third-order valence-corrected chi connectivity index (χ3v) is 4.95. The van der Waals surface area contributed by atoms with Crippen molar-refractivity contribution in [3.8, 4) is 0 Å². The van der Waals surface area contributed by atoms with Gasteiger partial charge in [0, 0.05) is 10.6 Å². The van der Waals surface area contributed by atoms with Gasteiger partial charge < -0.3 is 5.73 Å². The highest BCUT2D eigenvalue weighted by molar-refractivity contribution is 7.99. The molecule has 2 nitrogen and oxygen atoms in total. The van der Waals surface area contributed by atoms with E-state index in [4.69, 9.17) is 5.73 Å². The largest absolute Gasteiger partial charge is 0.366 e. The molecule has 1 amide bonds. The summed E-state index contributed by atoms with van der Waals surface area (Å²) in [6.07, 6.45) is 11.3. The Labute approximate surface area is 157 Å². The van der Waals surface area contributed by atoms with Crippen LogP contribution in [0.2, 0.25) is 0 Å². The molecule has 0 saturated carbocycles. The van der Waals surface area contributed by atoms with Gasteiger partial charge in [0.15, 0.2) is 0 Å². The summed E-state index contributed by atoms with van der Waals surface area (Å²) in [5, 5.41) is 0. The molecule has 0 aliphatic carbocycles. The van der Waals surface area contributed by atoms with Gasteiger partial charge in [-0.2, -0.15) is 0 Å². The van der Waals surface area contributed by atoms with Crippen molar-refractivity contribution in [2.45, 2.75) is 58.3 Å². The van der Waals surface area contributed by atoms with E-state index in [0.717, 1.165) is 36.3 Å². The van der Waals surface area contributed by atoms with E-state index in [-0.39, 0.29) is 5.91 Å². The van der Waals surface area contributed by atoms with E-state index in [2.05, 4.69) is 45.9 Å². The lowest BCUT2D eigenvalue weighted by Crippen LogP contribution is -2.11. The first-order chi connectivity index (χ1) is 11.9. The second-order valence-corrected chi connectivity index (χ2v) is 7.69. The number of hydrogen-bond donors (Lipinski definition) is 1. The Morgan fingerprint density at radius 1 is 0.960 bits per heavy atom. The molecule has 0 heterocycles. The fraction of sp³-hybridized carbons (Fsp3) is 0.409. The molecule has 0 radical (unpaired) electrons. The van der Waals surface area contributed by atoms with Gasteiger partial charge in [-0.3, -0.25) is 4.79 Å². The quantitative estimate of drug-likeness (QED) is 0.394. The van der Waals surface area contributed by atoms with E-state index in [1.54, 1.807) is 17.8 Å². The number of benzene rings is 1. The minimum absolute atomic E-state index is 0.363. The monoisotopic (exact) mass is 357 g/mol. The molecule has 25 heavy (non-hydrogen) atoms. The van der Waals surface area contributed by atoms with Crippen molar-refractivity contribution >= 4 is 17.7 Å². The van der Waals surface area contributed by atoms with Gasteiger partial charge >= 0.3 is 0 Å². The minimum Gasteiger partial charge on any atom is -0.366 e. The van der Waals surface area contributed by atoms with E-state index in [1.807, 2.05) is 18.2 Å². The van der Waals surface area contributed by atoms with Crippen molar-refractivity contribution in [3.63, 3.8) is 0 Å². The Morgan fingerprint density at radius 3 is 2.20 bits per heavy atom. The molecule has 0 fully saturated rings. The minimum atomic E-state index is -0.363. The first kappa shape index (κ1) is 21.3. The van der Waals surface area contributed by atoms with Crippen LogP contribution in [0.5, 0.6) is 0 Å². The van der Waals surface area contributed by atoms with Crippen molar-refractivity contribution in [1.82, 2.24) is 0 Å². The van der Waals surface area contributed by atoms with Crippen molar-refractivity contribution in [3.05, 3.63) is 64.8 Å². The van der Waals surface area contributed by atoms with Gasteiger partial charge in [0.05, 0.1) is 5.56 Å². The summed E-state index contributed by atoms with van der Waals surface area (Å²) in [7, 11) is 0. The zero-order valence-electron chi connectivity index (χ0n) is 16.0. The van der Waals surface area contributed by atoms with Crippen LogP contribution in [0, 0.1) is 0 Å². The summed E-state index contributed by atoms with van der Waals surface area (Å²) >= 11 is 1.66. The first-order valence-corrected chi connectivity index (χ1v) is 9.85. The maximum atomic E-state index is 11.4. The molecule has 1 aromatic carbocycles. The second kappa shape index (κ2) is 11.8. The summed E-state index contributed by atoms with van der Waals surface area (Å²) in [4.78, 5) is 12.4. The summed E-state index contributed by atoms with van der Waals surface area (Å²) < 4.78 is 0. The molecule has 136 valence electrons. The Balaban J connectivity index is 2.39. The van der Waals surface area contributed by atoms with Crippen molar-refractivity contribution in [2.75, 3.05) is 5.75 Å². The van der Waals surface area contributed by atoms with Gasteiger partial charge in [0.1, 0.15) is 0 Å². The number of carbonyl (C=O) groups is 1. The second-order valence-electron chi connectivity index (χ2n) is 6.63. The van der Waals surface area contributed by atoms with E-state index in [0.29, 0.717) is 5.56 Å². The summed E-state index contributed by atoms with van der Waals surface area (Å²) in [5.74, 6) is 0.497. The Hall–Kier alpha value is -1.74. The zero-order valence-corrected chi connectivity index (χ0v) is 16.8. The molecule has 2 N–H and O–H groups in total. The summed E-state index contributed by atoms with van der Waals surface area (Å²) in [5.41, 5.74) is 10.3. The normalized spacial score (nSPS) is 12.2. The fourth-order valence-electron chi connectivity index (χ4n) is 2.41. The lowest BCUT2D eigenvalue weighted by atomic mass is 10.1. The molecular weight excluding hydrogens is 326 g/mol. The number of carbonyl (C=O) groups excluding carboxylic acids is 1. The lowest BCUT2D eigenvalue weighted by Gasteiger charge is -2.05. The number of nitrogens with two attached hydrogens (primary N) is 1. The highest BCUT2D eigenvalue weighted by atomic mass is 32.2. The third kappa shape index (κ3) is 9.35. The van der Waals surface area contributed by atoms with E-state index >= 15 is 0 Å². The molecule has 0 aromatic heterocycles. The molecule has 0 saturated heterocycles. The molecule has 0 atom stereocenters. The predicted molar refractivity (Wildman–Crippen MR) is 111 cm³/mol. The molecule has 0 aliphatic heterocycles. The number of primary amides is 1. The average molecular weight is 358 g/mol. The highest BCUT2D eigenvalue weighted by Crippen LogP contribution is 2.23. The van der Waals surface area contributed by atoms with E-state index < -0.39 is 0 Å². The Kier molecular flexibility index (Phi) is 10.0. The maximum Gasteiger partial charge on any atom is 0.249 e. The van der Waals surface area contributed by atoms with Crippen molar-refractivity contribution in [1.29, 1.82) is 0 Å². The van der Waals surface area contributed by atoms with Crippen LogP contribution in [0.15, 0.2) is 64.1 Å². The molecule has 0 unspecified atom stereocenters. The average Bonchev–Trinajstić information content (AvgIpc) is 2.54. The number of thioether (sulfide) groups is 1. The van der Waals surface area contributed by atoms with Gasteiger partial charge in [-0.1, -0.05) is 47.1 Å². The topological polar surface area (TPSA) is 43.1 Å². The Morgan fingerprint density at radius 2 is 1.56 bits per heavy atom. The van der Waals surface area contributed by atoms with Crippen LogP contribution in [0.1, 0.15) is 63.7 Å². The maximum absolute atomic E-state index is 11.4. The molecule has 3 heteroatoms. The SMILES string of the molecule is CC(C)=CCC/C(C)=C\CC/C(C)=C\CSc1ccccc1C(N)=O. The van der Waals surface area contributed by atoms with Gasteiger partial charge in [-0.25, -0.2) is 0 Å². The number of allylic oxidation sites excluding steroid dienone is 5. The standard InChI is InChI=1S/C22H31NOS/c1-17(2)9-7-10-18(3)11-8-12-19(4)15-16-25-21-14-6-5-13-20(21)22(23)24/h5-6,9,11,13-15H,7-8,10,12,16H2,1-4H3,(H2,23,24)/b18-11-,19-15-. The molecule has 1 aromatic rings.